The minimum atomic E-state index is -0.687. The molecule has 0 aliphatic rings. The molecule has 3 atom stereocenters. The van der Waals surface area contributed by atoms with Crippen molar-refractivity contribution in [3.05, 3.63) is 34.3 Å². The summed E-state index contributed by atoms with van der Waals surface area (Å²) in [7, 11) is -0.687. The molecular weight excluding hydrogens is 310 g/mol. The second-order valence-electron chi connectivity index (χ2n) is 4.87. The Labute approximate surface area is 121 Å². The Hall–Kier alpha value is -0.190. The minimum absolute atomic E-state index is 0.416. The summed E-state index contributed by atoms with van der Waals surface area (Å²) in [6.45, 7) is 4.35. The first kappa shape index (κ1) is 15.9. The van der Waals surface area contributed by atoms with E-state index >= 15 is 0 Å². The van der Waals surface area contributed by atoms with Crippen LogP contribution >= 0.6 is 15.9 Å². The van der Waals surface area contributed by atoms with Gasteiger partial charge in [-0.2, -0.15) is 0 Å². The molecule has 0 aliphatic heterocycles. The highest BCUT2D eigenvalue weighted by Gasteiger charge is 2.08. The van der Waals surface area contributed by atoms with E-state index < -0.39 is 10.8 Å². The SMILES string of the molecule is CC(CCS(C)=O)NC(C)Cc1ccc(Br)cc1. The molecule has 0 aromatic heterocycles. The summed E-state index contributed by atoms with van der Waals surface area (Å²) in [4.78, 5) is 0. The van der Waals surface area contributed by atoms with E-state index in [4.69, 9.17) is 0 Å². The maximum absolute atomic E-state index is 11.0. The van der Waals surface area contributed by atoms with Crippen molar-refractivity contribution in [2.24, 2.45) is 0 Å². The van der Waals surface area contributed by atoms with Gasteiger partial charge in [0.25, 0.3) is 0 Å². The predicted octanol–water partition coefficient (Wildman–Crippen LogP) is 3.13. The third-order valence-electron chi connectivity index (χ3n) is 2.86. The van der Waals surface area contributed by atoms with Crippen LogP contribution in [0.2, 0.25) is 0 Å². The fraction of sp³-hybridized carbons (Fsp3) is 0.571. The van der Waals surface area contributed by atoms with Crippen molar-refractivity contribution in [3.63, 3.8) is 0 Å². The summed E-state index contributed by atoms with van der Waals surface area (Å²) in [5.74, 6) is 0.777. The maximum atomic E-state index is 11.0. The van der Waals surface area contributed by atoms with Gasteiger partial charge in [-0.15, -0.1) is 0 Å². The lowest BCUT2D eigenvalue weighted by molar-refractivity contribution is 0.456. The average molecular weight is 332 g/mol. The Bertz CT molecular complexity index is 380. The van der Waals surface area contributed by atoms with Gasteiger partial charge in [-0.1, -0.05) is 28.1 Å². The molecule has 0 spiro atoms. The van der Waals surface area contributed by atoms with Crippen LogP contribution in [0.3, 0.4) is 0 Å². The van der Waals surface area contributed by atoms with Crippen molar-refractivity contribution in [1.29, 1.82) is 0 Å². The third-order valence-corrected chi connectivity index (χ3v) is 4.20. The van der Waals surface area contributed by atoms with E-state index in [2.05, 4.69) is 59.4 Å². The molecule has 4 heteroatoms. The molecule has 0 bridgehead atoms. The van der Waals surface area contributed by atoms with Crippen LogP contribution in [0.15, 0.2) is 28.7 Å². The van der Waals surface area contributed by atoms with Crippen LogP contribution in [0.25, 0.3) is 0 Å². The van der Waals surface area contributed by atoms with Crippen LogP contribution < -0.4 is 5.32 Å². The highest BCUT2D eigenvalue weighted by atomic mass is 79.9. The van der Waals surface area contributed by atoms with Crippen molar-refractivity contribution in [1.82, 2.24) is 5.32 Å². The lowest BCUT2D eigenvalue weighted by Gasteiger charge is -2.19. The zero-order valence-electron chi connectivity index (χ0n) is 11.3. The summed E-state index contributed by atoms with van der Waals surface area (Å²) >= 11 is 3.44. The number of benzene rings is 1. The second-order valence-corrected chi connectivity index (χ2v) is 7.34. The number of halogens is 1. The van der Waals surface area contributed by atoms with Crippen molar-refractivity contribution in [2.45, 2.75) is 38.8 Å². The van der Waals surface area contributed by atoms with Crippen LogP contribution in [-0.2, 0) is 17.2 Å². The summed E-state index contributed by atoms with van der Waals surface area (Å²) < 4.78 is 12.2. The van der Waals surface area contributed by atoms with E-state index in [9.17, 15) is 4.21 Å². The smallest absolute Gasteiger partial charge is 0.0246 e. The Morgan fingerprint density at radius 3 is 2.39 bits per heavy atom. The van der Waals surface area contributed by atoms with Gasteiger partial charge in [0.2, 0.25) is 0 Å². The fourth-order valence-electron chi connectivity index (χ4n) is 1.94. The number of rotatable bonds is 7. The molecule has 1 N–H and O–H groups in total. The van der Waals surface area contributed by atoms with Crippen LogP contribution in [0.4, 0.5) is 0 Å². The Balaban J connectivity index is 2.34. The van der Waals surface area contributed by atoms with Crippen LogP contribution in [-0.4, -0.2) is 28.3 Å². The van der Waals surface area contributed by atoms with Gasteiger partial charge in [0.1, 0.15) is 0 Å². The molecule has 0 heterocycles. The highest BCUT2D eigenvalue weighted by molar-refractivity contribution is 9.10. The first-order valence-corrected chi connectivity index (χ1v) is 8.80. The number of hydrogen-bond acceptors (Lipinski definition) is 2. The first-order valence-electron chi connectivity index (χ1n) is 6.28. The van der Waals surface area contributed by atoms with Crippen LogP contribution in [0, 0.1) is 0 Å². The first-order chi connectivity index (χ1) is 8.47. The van der Waals surface area contributed by atoms with Crippen molar-refractivity contribution < 1.29 is 4.21 Å². The zero-order chi connectivity index (χ0) is 13.5. The summed E-state index contributed by atoms with van der Waals surface area (Å²) in [6, 6.07) is 9.30. The van der Waals surface area contributed by atoms with Gasteiger partial charge in [-0.05, 0) is 44.4 Å². The fourth-order valence-corrected chi connectivity index (χ4v) is 2.89. The molecule has 1 aromatic rings. The van der Waals surface area contributed by atoms with Gasteiger partial charge in [0.05, 0.1) is 0 Å². The standard InChI is InChI=1S/C14H22BrNOS/c1-11(8-9-18(3)17)16-12(2)10-13-4-6-14(15)7-5-13/h4-7,11-12,16H,8-10H2,1-3H3. The molecule has 0 saturated carbocycles. The van der Waals surface area contributed by atoms with Crippen molar-refractivity contribution >= 4 is 26.7 Å². The normalized spacial score (nSPS) is 16.2. The summed E-state index contributed by atoms with van der Waals surface area (Å²) in [6.07, 6.45) is 3.75. The Kier molecular flexibility index (Phi) is 7.12. The van der Waals surface area contributed by atoms with E-state index in [0.29, 0.717) is 12.1 Å². The van der Waals surface area contributed by atoms with E-state index in [1.165, 1.54) is 5.56 Å². The molecule has 3 unspecified atom stereocenters. The largest absolute Gasteiger partial charge is 0.311 e. The molecule has 102 valence electrons. The van der Waals surface area contributed by atoms with Crippen LogP contribution in [0.5, 0.6) is 0 Å². The third kappa shape index (κ3) is 6.66. The quantitative estimate of drug-likeness (QED) is 0.831. The topological polar surface area (TPSA) is 29.1 Å². The van der Waals surface area contributed by atoms with E-state index in [-0.39, 0.29) is 0 Å². The zero-order valence-corrected chi connectivity index (χ0v) is 13.7. The second kappa shape index (κ2) is 8.08. The maximum Gasteiger partial charge on any atom is 0.0246 e. The molecule has 0 aliphatic carbocycles. The Morgan fingerprint density at radius 1 is 1.22 bits per heavy atom. The molecular formula is C14H22BrNOS. The lowest BCUT2D eigenvalue weighted by Crippen LogP contribution is -2.36. The van der Waals surface area contributed by atoms with Crippen molar-refractivity contribution in [2.75, 3.05) is 12.0 Å². The van der Waals surface area contributed by atoms with Crippen molar-refractivity contribution in [3.8, 4) is 0 Å². The average Bonchev–Trinajstić information content (AvgIpc) is 2.29. The molecule has 18 heavy (non-hydrogen) atoms. The van der Waals surface area contributed by atoms with Gasteiger partial charge in [0, 0.05) is 39.4 Å². The molecule has 1 aromatic carbocycles. The van der Waals surface area contributed by atoms with Crippen LogP contribution in [0.1, 0.15) is 25.8 Å². The molecule has 2 nitrogen and oxygen atoms in total. The van der Waals surface area contributed by atoms with Gasteiger partial charge >= 0.3 is 0 Å². The number of nitrogens with one attached hydrogen (secondary N) is 1. The van der Waals surface area contributed by atoms with Gasteiger partial charge in [0.15, 0.2) is 0 Å². The van der Waals surface area contributed by atoms with Gasteiger partial charge in [-0.3, -0.25) is 4.21 Å². The monoisotopic (exact) mass is 331 g/mol. The lowest BCUT2D eigenvalue weighted by atomic mass is 10.1. The molecule has 0 amide bonds. The molecule has 0 radical (unpaired) electrons. The van der Waals surface area contributed by atoms with Gasteiger partial charge < -0.3 is 5.32 Å². The Morgan fingerprint density at radius 2 is 1.83 bits per heavy atom. The van der Waals surface area contributed by atoms with E-state index in [1.54, 1.807) is 6.26 Å². The van der Waals surface area contributed by atoms with Gasteiger partial charge in [-0.25, -0.2) is 0 Å². The van der Waals surface area contributed by atoms with E-state index in [0.717, 1.165) is 23.1 Å². The van der Waals surface area contributed by atoms with E-state index in [1.807, 2.05) is 0 Å². The highest BCUT2D eigenvalue weighted by Crippen LogP contribution is 2.12. The number of hydrogen-bond donors (Lipinski definition) is 1. The minimum Gasteiger partial charge on any atom is -0.311 e. The molecule has 1 rings (SSSR count). The predicted molar refractivity (Wildman–Crippen MR) is 83.5 cm³/mol. The summed E-state index contributed by atoms with van der Waals surface area (Å²) in [5.41, 5.74) is 1.34. The molecule has 0 saturated heterocycles. The molecule has 0 fully saturated rings. The summed E-state index contributed by atoms with van der Waals surface area (Å²) in [5, 5.41) is 3.55.